The zero-order valence-electron chi connectivity index (χ0n) is 27.9. The van der Waals surface area contributed by atoms with Gasteiger partial charge in [-0.25, -0.2) is 4.68 Å². The number of nitrogens with zero attached hydrogens (tertiary/aromatic N) is 4. The van der Waals surface area contributed by atoms with Gasteiger partial charge in [0.05, 0.1) is 23.5 Å². The zero-order chi connectivity index (χ0) is 35.5. The zero-order valence-corrected chi connectivity index (χ0v) is 27.9. The van der Waals surface area contributed by atoms with Crippen molar-refractivity contribution < 1.29 is 34.2 Å². The summed E-state index contributed by atoms with van der Waals surface area (Å²) in [5, 5.41) is 39.8. The maximum atomic E-state index is 14.4. The molecule has 1 saturated heterocycles. The van der Waals surface area contributed by atoms with Crippen molar-refractivity contribution in [1.82, 2.24) is 35.8 Å². The summed E-state index contributed by atoms with van der Waals surface area (Å²) in [4.78, 5) is 67.6. The highest BCUT2D eigenvalue weighted by molar-refractivity contribution is 6.01. The third-order valence-electron chi connectivity index (χ3n) is 9.49. The fourth-order valence-electron chi connectivity index (χ4n) is 6.90. The van der Waals surface area contributed by atoms with Crippen LogP contribution in [0, 0.1) is 0 Å². The number of fused-ring (bicyclic) bond motifs is 1. The van der Waals surface area contributed by atoms with Gasteiger partial charge in [-0.3, -0.25) is 24.0 Å². The fourth-order valence-corrected chi connectivity index (χ4v) is 6.90. The van der Waals surface area contributed by atoms with E-state index < -0.39 is 64.9 Å². The summed E-state index contributed by atoms with van der Waals surface area (Å²) < 4.78 is 1.47. The quantitative estimate of drug-likeness (QED) is 0.165. The molecule has 49 heavy (non-hydrogen) atoms. The number of aromatic nitrogens is 3. The Labute approximate surface area is 283 Å². The van der Waals surface area contributed by atoms with E-state index in [9.17, 15) is 34.2 Å². The summed E-state index contributed by atoms with van der Waals surface area (Å²) in [6, 6.07) is 9.58. The van der Waals surface area contributed by atoms with Gasteiger partial charge in [-0.2, -0.15) is 0 Å². The lowest BCUT2D eigenvalue weighted by Gasteiger charge is -2.41. The van der Waals surface area contributed by atoms with E-state index in [1.807, 2.05) is 24.3 Å². The van der Waals surface area contributed by atoms with E-state index in [2.05, 4.69) is 26.3 Å². The number of hydrogen-bond donors (Lipinski definition) is 6. The Morgan fingerprint density at radius 2 is 1.76 bits per heavy atom. The van der Waals surface area contributed by atoms with Gasteiger partial charge in [0, 0.05) is 32.0 Å². The molecule has 0 bridgehead atoms. The first kappa shape index (κ1) is 35.4. The smallest absolute Gasteiger partial charge is 0.252 e. The fraction of sp³-hybridized carbons (Fsp3) is 0.500. The van der Waals surface area contributed by atoms with Crippen molar-refractivity contribution in [2.24, 2.45) is 5.73 Å². The first-order valence-corrected chi connectivity index (χ1v) is 16.5. The van der Waals surface area contributed by atoms with Crippen molar-refractivity contribution in [1.29, 1.82) is 0 Å². The summed E-state index contributed by atoms with van der Waals surface area (Å²) in [6.07, 6.45) is 2.57. The second kappa shape index (κ2) is 14.3. The molecule has 15 nitrogen and oxygen atoms in total. The lowest BCUT2D eigenvalue weighted by atomic mass is 9.77. The molecule has 0 spiro atoms. The number of carbonyl (C=O) groups is 5. The number of rotatable bonds is 11. The second-order valence-corrected chi connectivity index (χ2v) is 13.6. The van der Waals surface area contributed by atoms with Crippen LogP contribution in [-0.4, -0.2) is 96.5 Å². The highest BCUT2D eigenvalue weighted by Crippen LogP contribution is 2.35. The van der Waals surface area contributed by atoms with Crippen LogP contribution in [0.1, 0.15) is 81.4 Å². The second-order valence-electron chi connectivity index (χ2n) is 13.6. The third-order valence-corrected chi connectivity index (χ3v) is 9.49. The predicted molar refractivity (Wildman–Crippen MR) is 177 cm³/mol. The summed E-state index contributed by atoms with van der Waals surface area (Å²) in [6.45, 7) is 4.09. The van der Waals surface area contributed by atoms with Gasteiger partial charge in [0.25, 0.3) is 5.91 Å². The normalized spacial score (nSPS) is 20.3. The Balaban J connectivity index is 1.47. The highest BCUT2D eigenvalue weighted by atomic mass is 16.3. The Morgan fingerprint density at radius 1 is 1.06 bits per heavy atom. The number of nitrogens with two attached hydrogens (primary N) is 1. The molecule has 7 N–H and O–H groups in total. The SMILES string of the molecule is CC(=O)NC[C@@H](NC(=O)c1ccc2ccccc2c1)C(=O)N1C[C@@H](n2nncc2C(C)(C)O)C[C@H]1C(=O)NC1(C(O)C(N)=O)CCCCC1. The minimum absolute atomic E-state index is 0.0399. The molecule has 15 heteroatoms. The number of nitrogens with one attached hydrogen (secondary N) is 3. The van der Waals surface area contributed by atoms with Gasteiger partial charge >= 0.3 is 0 Å². The van der Waals surface area contributed by atoms with E-state index in [0.29, 0.717) is 36.9 Å². The van der Waals surface area contributed by atoms with Gasteiger partial charge in [0.15, 0.2) is 6.10 Å². The summed E-state index contributed by atoms with van der Waals surface area (Å²) in [5.41, 5.74) is 3.49. The van der Waals surface area contributed by atoms with Crippen LogP contribution in [0.25, 0.3) is 10.8 Å². The molecule has 5 rings (SSSR count). The van der Waals surface area contributed by atoms with Gasteiger partial charge in [0.2, 0.25) is 23.6 Å². The molecule has 1 aliphatic heterocycles. The molecular weight excluding hydrogens is 632 g/mol. The van der Waals surface area contributed by atoms with Crippen LogP contribution in [-0.2, 0) is 24.8 Å². The van der Waals surface area contributed by atoms with Gasteiger partial charge in [-0.05, 0) is 49.6 Å². The Morgan fingerprint density at radius 3 is 2.41 bits per heavy atom. The number of aliphatic hydroxyl groups excluding tert-OH is 1. The first-order chi connectivity index (χ1) is 23.2. The largest absolute Gasteiger partial charge is 0.384 e. The number of carbonyl (C=O) groups excluding carboxylic acids is 5. The lowest BCUT2D eigenvalue weighted by molar-refractivity contribution is -0.143. The Hall–Kier alpha value is -4.89. The van der Waals surface area contributed by atoms with Crippen molar-refractivity contribution in [2.75, 3.05) is 13.1 Å². The molecule has 1 aliphatic carbocycles. The van der Waals surface area contributed by atoms with Crippen LogP contribution >= 0.6 is 0 Å². The van der Waals surface area contributed by atoms with Crippen LogP contribution in [0.4, 0.5) is 0 Å². The molecule has 262 valence electrons. The average Bonchev–Trinajstić information content (AvgIpc) is 3.74. The molecule has 1 aromatic heterocycles. The van der Waals surface area contributed by atoms with Crippen molar-refractivity contribution in [3.8, 4) is 0 Å². The minimum atomic E-state index is -1.65. The number of aliphatic hydroxyl groups is 2. The molecule has 5 amide bonds. The molecule has 4 atom stereocenters. The van der Waals surface area contributed by atoms with Crippen molar-refractivity contribution in [3.63, 3.8) is 0 Å². The summed E-state index contributed by atoms with van der Waals surface area (Å²) in [7, 11) is 0. The van der Waals surface area contributed by atoms with Crippen LogP contribution in [0.15, 0.2) is 48.7 Å². The molecule has 2 aromatic carbocycles. The lowest BCUT2D eigenvalue weighted by Crippen LogP contribution is -2.64. The van der Waals surface area contributed by atoms with E-state index in [0.717, 1.165) is 17.2 Å². The molecule has 2 fully saturated rings. The predicted octanol–water partition coefficient (Wildman–Crippen LogP) is 0.401. The third kappa shape index (κ3) is 7.73. The number of benzene rings is 2. The first-order valence-electron chi connectivity index (χ1n) is 16.5. The summed E-state index contributed by atoms with van der Waals surface area (Å²) in [5.74, 6) is -3.23. The Bertz CT molecular complexity index is 1730. The van der Waals surface area contributed by atoms with Crippen LogP contribution in [0.5, 0.6) is 0 Å². The van der Waals surface area contributed by atoms with Gasteiger partial charge in [0.1, 0.15) is 17.7 Å². The molecular formula is C34H44N8O7. The molecule has 1 saturated carbocycles. The van der Waals surface area contributed by atoms with Crippen molar-refractivity contribution in [2.45, 2.75) is 94.7 Å². The van der Waals surface area contributed by atoms with E-state index in [1.54, 1.807) is 32.0 Å². The van der Waals surface area contributed by atoms with E-state index in [1.165, 1.54) is 22.7 Å². The van der Waals surface area contributed by atoms with E-state index in [4.69, 9.17) is 5.73 Å². The summed E-state index contributed by atoms with van der Waals surface area (Å²) >= 11 is 0. The molecule has 2 heterocycles. The number of amides is 5. The van der Waals surface area contributed by atoms with Crippen molar-refractivity contribution >= 4 is 40.3 Å². The molecule has 2 aliphatic rings. The molecule has 0 radical (unpaired) electrons. The van der Waals surface area contributed by atoms with Crippen LogP contribution in [0.2, 0.25) is 0 Å². The molecule has 3 aromatic rings. The number of primary amides is 1. The minimum Gasteiger partial charge on any atom is -0.384 e. The maximum Gasteiger partial charge on any atom is 0.252 e. The molecule has 1 unspecified atom stereocenters. The number of likely N-dealkylation sites (tertiary alicyclic amines) is 1. The highest BCUT2D eigenvalue weighted by Gasteiger charge is 2.49. The monoisotopic (exact) mass is 676 g/mol. The standard InChI is InChI=1S/C34H44N8O7/c1-20(43)36-17-25(38-30(46)23-12-11-21-9-5-6-10-22(21)15-23)32(48)41-19-24(42-27(18-37-40-42)33(2,3)49)16-26(41)31(47)39-34(28(44)29(35)45)13-7-4-8-14-34/h5-6,9-12,15,18,24-26,28,44,49H,4,7-8,13-14,16-17,19H2,1-3H3,(H2,35,45)(H,36,43)(H,38,46)(H,39,47)/t24-,25+,26-,28?/m0/s1. The van der Waals surface area contributed by atoms with Gasteiger partial charge < -0.3 is 36.8 Å². The van der Waals surface area contributed by atoms with E-state index in [-0.39, 0.29) is 19.5 Å². The average molecular weight is 677 g/mol. The van der Waals surface area contributed by atoms with Crippen LogP contribution in [0.3, 0.4) is 0 Å². The topological polar surface area (TPSA) is 222 Å². The Kier molecular flexibility index (Phi) is 10.3. The van der Waals surface area contributed by atoms with Gasteiger partial charge in [-0.15, -0.1) is 5.10 Å². The van der Waals surface area contributed by atoms with Crippen LogP contribution < -0.4 is 21.7 Å². The van der Waals surface area contributed by atoms with Gasteiger partial charge in [-0.1, -0.05) is 54.8 Å². The number of hydrogen-bond acceptors (Lipinski definition) is 9. The van der Waals surface area contributed by atoms with Crippen molar-refractivity contribution in [3.05, 3.63) is 59.9 Å². The maximum absolute atomic E-state index is 14.4. The van der Waals surface area contributed by atoms with E-state index >= 15 is 0 Å².